The Labute approximate surface area is 452 Å². The van der Waals surface area contributed by atoms with E-state index < -0.39 is 103 Å². The summed E-state index contributed by atoms with van der Waals surface area (Å²) in [5.41, 5.74) is 10.4. The van der Waals surface area contributed by atoms with Gasteiger partial charge in [-0.3, -0.25) is 38.3 Å². The number of amides is 6. The number of hydrogen-bond donors (Lipinski definition) is 12. The molecule has 29 heteroatoms. The molecule has 29 nitrogen and oxygen atoms in total. The van der Waals surface area contributed by atoms with Crippen molar-refractivity contribution in [1.29, 1.82) is 0 Å². The van der Waals surface area contributed by atoms with E-state index in [-0.39, 0.29) is 25.3 Å². The molecule has 14 N–H and O–H groups in total. The number of imidazole rings is 1. The van der Waals surface area contributed by atoms with Crippen LogP contribution in [0.2, 0.25) is 0 Å². The van der Waals surface area contributed by atoms with Gasteiger partial charge in [0.1, 0.15) is 60.3 Å². The summed E-state index contributed by atoms with van der Waals surface area (Å²) in [7, 11) is 7.98. The molecule has 1 aliphatic rings. The monoisotopic (exact) mass is 1100 g/mol. The van der Waals surface area contributed by atoms with Gasteiger partial charge >= 0.3 is 12.1 Å². The van der Waals surface area contributed by atoms with Gasteiger partial charge in [0.2, 0.25) is 29.5 Å². The molecule has 3 aromatic rings. The van der Waals surface area contributed by atoms with Crippen molar-refractivity contribution in [2.45, 2.75) is 127 Å². The van der Waals surface area contributed by atoms with Gasteiger partial charge in [-0.15, -0.1) is 0 Å². The Hall–Kier alpha value is -7.60. The van der Waals surface area contributed by atoms with Crippen LogP contribution >= 0.6 is 0 Å². The number of anilines is 1. The Kier molecular flexibility index (Phi) is 29.2. The highest BCUT2D eigenvalue weighted by Crippen LogP contribution is 2.33. The lowest BCUT2D eigenvalue weighted by atomic mass is 10.0. The second kappa shape index (κ2) is 34.2. The summed E-state index contributed by atoms with van der Waals surface area (Å²) in [6, 6.07) is 1.22. The van der Waals surface area contributed by atoms with Crippen LogP contribution in [-0.4, -0.2) is 199 Å². The molecule has 1 aliphatic heterocycles. The molecule has 6 amide bonds. The lowest BCUT2D eigenvalue weighted by molar-refractivity contribution is -0.141. The largest absolute Gasteiger partial charge is 0.497 e. The highest BCUT2D eigenvalue weighted by molar-refractivity contribution is 5.93. The van der Waals surface area contributed by atoms with Crippen molar-refractivity contribution in [3.05, 3.63) is 42.5 Å². The van der Waals surface area contributed by atoms with Crippen molar-refractivity contribution >= 4 is 71.2 Å². The van der Waals surface area contributed by atoms with Gasteiger partial charge in [0, 0.05) is 40.5 Å². The highest BCUT2D eigenvalue weighted by Gasteiger charge is 2.46. The van der Waals surface area contributed by atoms with Crippen molar-refractivity contribution in [3.8, 4) is 5.75 Å². The van der Waals surface area contributed by atoms with E-state index in [0.717, 1.165) is 0 Å². The number of aldehydes is 1. The maximum Gasteiger partial charge on any atom is 0.408 e. The van der Waals surface area contributed by atoms with Crippen molar-refractivity contribution in [2.24, 2.45) is 16.5 Å². The Bertz CT molecular complexity index is 2420. The second-order valence-corrected chi connectivity index (χ2v) is 18.6. The van der Waals surface area contributed by atoms with Crippen LogP contribution in [0, 0.1) is 0 Å². The first-order valence-electron chi connectivity index (χ1n) is 25.0. The number of nitrogens with one attached hydrogen (secondary N) is 7. The number of carbonyl (C=O) groups is 8. The molecule has 0 spiro atoms. The van der Waals surface area contributed by atoms with Gasteiger partial charge in [-0.05, 0) is 84.7 Å². The van der Waals surface area contributed by atoms with E-state index in [0.29, 0.717) is 73.4 Å². The number of aliphatic hydroxyl groups excluding tert-OH is 2. The fourth-order valence-electron chi connectivity index (χ4n) is 7.61. The minimum Gasteiger partial charge on any atom is -0.497 e. The van der Waals surface area contributed by atoms with Crippen molar-refractivity contribution in [2.75, 3.05) is 66.4 Å². The Morgan fingerprint density at radius 2 is 1.58 bits per heavy atom. The molecule has 0 bridgehead atoms. The number of fused-ring (bicyclic) bond motifs is 1. The molecule has 1 aromatic carbocycles. The number of hydrogen-bond acceptors (Lipinski definition) is 20. The number of carboxylic acid groups (broad SMARTS) is 1. The van der Waals surface area contributed by atoms with Crippen LogP contribution in [0.4, 0.5) is 10.6 Å². The molecule has 1 fully saturated rings. The zero-order valence-corrected chi connectivity index (χ0v) is 45.7. The Balaban J connectivity index is 0.000000760. The molecular weight excluding hydrogens is 1020 g/mol. The van der Waals surface area contributed by atoms with E-state index >= 15 is 0 Å². The lowest BCUT2D eigenvalue weighted by Crippen LogP contribution is -2.58. The van der Waals surface area contributed by atoms with E-state index in [4.69, 9.17) is 19.9 Å². The van der Waals surface area contributed by atoms with E-state index in [9.17, 15) is 53.7 Å². The van der Waals surface area contributed by atoms with Gasteiger partial charge in [0.25, 0.3) is 0 Å². The fraction of sp³-hybridized carbons (Fsp3) is 0.592. The van der Waals surface area contributed by atoms with Gasteiger partial charge in [-0.25, -0.2) is 19.7 Å². The number of nitrogens with two attached hydrogens (primary N) is 2. The highest BCUT2D eigenvalue weighted by atomic mass is 16.6. The van der Waals surface area contributed by atoms with Gasteiger partial charge < -0.3 is 87.9 Å². The Morgan fingerprint density at radius 3 is 2.15 bits per heavy atom. The summed E-state index contributed by atoms with van der Waals surface area (Å²) >= 11 is 0. The first-order valence-corrected chi connectivity index (χ1v) is 25.0. The summed E-state index contributed by atoms with van der Waals surface area (Å²) < 4.78 is 17.9. The van der Waals surface area contributed by atoms with E-state index in [1.54, 1.807) is 64.0 Å². The number of ether oxygens (including phenoxy) is 3. The van der Waals surface area contributed by atoms with Gasteiger partial charge in [0.15, 0.2) is 23.2 Å². The third-order valence-electron chi connectivity index (χ3n) is 11.4. The average molecular weight is 1100 g/mol. The topological polar surface area (TPSA) is 420 Å². The number of benzene rings is 1. The molecule has 434 valence electrons. The molecule has 0 aliphatic carbocycles. The van der Waals surface area contributed by atoms with E-state index in [2.05, 4.69) is 62.9 Å². The summed E-state index contributed by atoms with van der Waals surface area (Å²) in [5.74, 6) is -2.97. The molecule has 78 heavy (non-hydrogen) atoms. The zero-order valence-electron chi connectivity index (χ0n) is 45.7. The number of likely N-dealkylation sites (N-methyl/N-ethyl adjacent to an activating group) is 1. The standard InChI is InChI=1S/C35H50N10O10.C13H24N4O4.CH5N/c1-19(47)37-13-7-6-8-22(41-26(48)15-24(36-2)35(52)53)32(50)42-23(14-20-9-11-21(54-5)12-10-20)33(51)43-27-25(16-46)55-34(29(27)49)45-18-40-28-30(44(3)4)38-17-39-31(28)45;1-13(2,3)21-12(20)17-10(5-4-6-15-9-14)11(19)16-7-8-18;1-2/h9-12,17-18,22-25,27,29,34,36,46,49H,6-8,13-16H2,1-5H3,(H,37,47)(H,41,48)(H,42,50)(H,43,51)(H,52,53);8-10H,4-7H2,1-3H3,(H2,14,15)(H,16,19)(H,17,20);2H2,1H3. The third kappa shape index (κ3) is 22.2. The van der Waals surface area contributed by atoms with Gasteiger partial charge in [-0.1, -0.05) is 12.1 Å². The smallest absolute Gasteiger partial charge is 0.408 e. The zero-order chi connectivity index (χ0) is 58.5. The summed E-state index contributed by atoms with van der Waals surface area (Å²) in [6.45, 7) is 6.65. The maximum absolute atomic E-state index is 14.1. The van der Waals surface area contributed by atoms with Crippen LogP contribution in [0.5, 0.6) is 5.75 Å². The second-order valence-electron chi connectivity index (χ2n) is 18.6. The Morgan fingerprint density at radius 1 is 0.910 bits per heavy atom. The molecule has 8 unspecified atom stereocenters. The number of aliphatic carboxylic acids is 1. The molecule has 0 radical (unpaired) electrons. The van der Waals surface area contributed by atoms with Crippen LogP contribution in [0.1, 0.15) is 78.0 Å². The molecular formula is C49H79N15O14. The van der Waals surface area contributed by atoms with Crippen LogP contribution in [-0.2, 0) is 49.5 Å². The number of rotatable bonds is 28. The first kappa shape index (κ1) is 66.5. The SMILES string of the molecule is CC(C)(C)OC(=O)NC(CCCN=CN)C(=O)NCC=O.CN.CNC(CC(=O)NC(CCCCNC(C)=O)C(=O)NC(Cc1ccc(OC)cc1)C(=O)NC1C(CO)OC(n2cnc3c(N(C)C)ncnc32)C1O)C(=O)O. The number of methoxy groups -OCH3 is 1. The number of alkyl carbamates (subject to hydrolysis) is 1. The predicted molar refractivity (Wildman–Crippen MR) is 286 cm³/mol. The maximum atomic E-state index is 14.1. The summed E-state index contributed by atoms with van der Waals surface area (Å²) in [4.78, 5) is 116. The molecule has 3 heterocycles. The van der Waals surface area contributed by atoms with Crippen LogP contribution < -0.4 is 58.3 Å². The van der Waals surface area contributed by atoms with Crippen LogP contribution in [0.25, 0.3) is 11.2 Å². The van der Waals surface area contributed by atoms with Crippen molar-refractivity contribution in [3.63, 3.8) is 0 Å². The molecule has 0 saturated carbocycles. The van der Waals surface area contributed by atoms with Crippen molar-refractivity contribution in [1.82, 2.24) is 56.7 Å². The quantitative estimate of drug-likeness (QED) is 0.0158. The molecule has 8 atom stereocenters. The number of aliphatic hydroxyl groups is 2. The number of aromatic nitrogens is 4. The molecule has 2 aromatic heterocycles. The first-order chi connectivity index (χ1) is 37.1. The normalized spacial score (nSPS) is 17.3. The number of nitrogens with zero attached hydrogens (tertiary/aromatic N) is 6. The van der Waals surface area contributed by atoms with E-state index in [1.807, 2.05) is 0 Å². The number of carbonyl (C=O) groups excluding carboxylic acids is 7. The van der Waals surface area contributed by atoms with Crippen LogP contribution in [0.15, 0.2) is 41.9 Å². The fourth-order valence-corrected chi connectivity index (χ4v) is 7.61. The minimum atomic E-state index is -1.40. The average Bonchev–Trinajstić information content (AvgIpc) is 3.97. The number of unbranched alkanes of at least 4 members (excludes halogenated alkanes) is 1. The lowest BCUT2D eigenvalue weighted by Gasteiger charge is -2.27. The van der Waals surface area contributed by atoms with Gasteiger partial charge in [0.05, 0.1) is 45.4 Å². The number of aliphatic imine (C=N–C) groups is 1. The molecule has 4 rings (SSSR count). The summed E-state index contributed by atoms with van der Waals surface area (Å²) in [6.07, 6.45) is 1.64. The van der Waals surface area contributed by atoms with Crippen LogP contribution in [0.3, 0.4) is 0 Å². The van der Waals surface area contributed by atoms with E-state index in [1.165, 1.54) is 51.7 Å². The minimum absolute atomic E-state index is 0.0289. The summed E-state index contributed by atoms with van der Waals surface area (Å²) in [5, 5.41) is 49.4. The third-order valence-corrected chi connectivity index (χ3v) is 11.4. The van der Waals surface area contributed by atoms with Gasteiger partial charge in [-0.2, -0.15) is 0 Å². The predicted octanol–water partition coefficient (Wildman–Crippen LogP) is -2.25. The number of carboxylic acids is 1. The molecule has 1 saturated heterocycles. The van der Waals surface area contributed by atoms with Crippen molar-refractivity contribution < 1.29 is 67.9 Å².